The second kappa shape index (κ2) is 7.79. The van der Waals surface area contributed by atoms with E-state index in [0.29, 0.717) is 23.8 Å². The molecule has 1 N–H and O–H groups in total. The normalized spacial score (nSPS) is 27.6. The van der Waals surface area contributed by atoms with E-state index in [1.54, 1.807) is 5.56 Å². The number of piperidine rings is 1. The fourth-order valence-corrected chi connectivity index (χ4v) is 5.88. The molecule has 1 aromatic rings. The molecule has 0 radical (unpaired) electrons. The minimum atomic E-state index is 0.260. The maximum Gasteiger partial charge on any atom is 0.220 e. The van der Waals surface area contributed by atoms with E-state index in [0.717, 1.165) is 25.6 Å². The van der Waals surface area contributed by atoms with Gasteiger partial charge in [0.15, 0.2) is 0 Å². The summed E-state index contributed by atoms with van der Waals surface area (Å²) in [6.07, 6.45) is 9.10. The number of hydrogen-bond donors (Lipinski definition) is 1. The van der Waals surface area contributed by atoms with Crippen LogP contribution in [-0.4, -0.2) is 49.7 Å². The van der Waals surface area contributed by atoms with Gasteiger partial charge in [0.05, 0.1) is 0 Å². The molecule has 1 amide bonds. The molecule has 0 aromatic heterocycles. The van der Waals surface area contributed by atoms with Gasteiger partial charge in [-0.05, 0) is 86.4 Å². The highest BCUT2D eigenvalue weighted by Crippen LogP contribution is 2.52. The van der Waals surface area contributed by atoms with E-state index in [9.17, 15) is 4.79 Å². The fourth-order valence-electron chi connectivity index (χ4n) is 5.88. The molecule has 28 heavy (non-hydrogen) atoms. The second-order valence-electron chi connectivity index (χ2n) is 9.67. The third kappa shape index (κ3) is 3.86. The van der Waals surface area contributed by atoms with E-state index < -0.39 is 0 Å². The Kier molecular flexibility index (Phi) is 5.18. The van der Waals surface area contributed by atoms with Gasteiger partial charge in [-0.25, -0.2) is 0 Å². The second-order valence-corrected chi connectivity index (χ2v) is 9.67. The Hall–Kier alpha value is -1.39. The van der Waals surface area contributed by atoms with Gasteiger partial charge in [-0.2, -0.15) is 0 Å². The van der Waals surface area contributed by atoms with Crippen molar-refractivity contribution in [3.8, 4) is 0 Å². The zero-order valence-corrected chi connectivity index (χ0v) is 17.0. The largest absolute Gasteiger partial charge is 0.381 e. The molecule has 4 nitrogen and oxygen atoms in total. The summed E-state index contributed by atoms with van der Waals surface area (Å²) in [5.41, 5.74) is 3.30. The standard InChI is InChI=1S/C24H34N2O2/c27-23(25-20-5-6-20)15-19-16-24(22-4-2-1-3-21(19)22)9-11-26(12-10-24)17-18-7-13-28-14-8-18/h1-4,18-20H,5-17H2,(H,25,27). The lowest BCUT2D eigenvalue weighted by molar-refractivity contribution is -0.121. The van der Waals surface area contributed by atoms with Crippen molar-refractivity contribution in [2.45, 2.75) is 68.7 Å². The van der Waals surface area contributed by atoms with Gasteiger partial charge in [0, 0.05) is 32.2 Å². The third-order valence-electron chi connectivity index (χ3n) is 7.65. The minimum Gasteiger partial charge on any atom is -0.381 e. The van der Waals surface area contributed by atoms with Crippen LogP contribution in [0.1, 0.15) is 68.4 Å². The summed E-state index contributed by atoms with van der Waals surface area (Å²) in [4.78, 5) is 15.2. The average Bonchev–Trinajstić information content (AvgIpc) is 3.48. The van der Waals surface area contributed by atoms with Crippen LogP contribution in [0, 0.1) is 5.92 Å². The summed E-state index contributed by atoms with van der Waals surface area (Å²) >= 11 is 0. The lowest BCUT2D eigenvalue weighted by Crippen LogP contribution is -2.44. The monoisotopic (exact) mass is 382 g/mol. The Morgan fingerprint density at radius 3 is 2.61 bits per heavy atom. The molecule has 2 aliphatic heterocycles. The molecule has 5 rings (SSSR count). The zero-order valence-electron chi connectivity index (χ0n) is 17.0. The Labute approximate surface area is 169 Å². The van der Waals surface area contributed by atoms with Crippen molar-refractivity contribution in [3.63, 3.8) is 0 Å². The number of benzene rings is 1. The van der Waals surface area contributed by atoms with Crippen LogP contribution in [0.4, 0.5) is 0 Å². The molecular weight excluding hydrogens is 348 g/mol. The highest BCUT2D eigenvalue weighted by molar-refractivity contribution is 5.78. The van der Waals surface area contributed by atoms with Crippen LogP contribution in [0.3, 0.4) is 0 Å². The Morgan fingerprint density at radius 2 is 1.86 bits per heavy atom. The summed E-state index contributed by atoms with van der Waals surface area (Å²) < 4.78 is 5.52. The highest BCUT2D eigenvalue weighted by Gasteiger charge is 2.45. The maximum absolute atomic E-state index is 12.5. The summed E-state index contributed by atoms with van der Waals surface area (Å²) in [7, 11) is 0. The molecule has 3 fully saturated rings. The van der Waals surface area contributed by atoms with Crippen LogP contribution in [0.5, 0.6) is 0 Å². The number of carbonyl (C=O) groups excluding carboxylic acids is 1. The van der Waals surface area contributed by atoms with Crippen LogP contribution in [0.15, 0.2) is 24.3 Å². The molecule has 1 spiro atoms. The first-order valence-electron chi connectivity index (χ1n) is 11.4. The topological polar surface area (TPSA) is 41.6 Å². The smallest absolute Gasteiger partial charge is 0.220 e. The molecule has 2 aliphatic carbocycles. The van der Waals surface area contributed by atoms with Crippen molar-refractivity contribution in [2.75, 3.05) is 32.8 Å². The number of rotatable bonds is 5. The van der Waals surface area contributed by atoms with Gasteiger partial charge < -0.3 is 15.0 Å². The van der Waals surface area contributed by atoms with Gasteiger partial charge in [0.25, 0.3) is 0 Å². The number of ether oxygens (including phenoxy) is 1. The van der Waals surface area contributed by atoms with Gasteiger partial charge in [-0.1, -0.05) is 24.3 Å². The van der Waals surface area contributed by atoms with Crippen LogP contribution in [0.25, 0.3) is 0 Å². The Bertz CT molecular complexity index is 700. The molecule has 152 valence electrons. The molecule has 0 bridgehead atoms. The molecule has 4 aliphatic rings. The first kappa shape index (κ1) is 18.6. The van der Waals surface area contributed by atoms with E-state index in [4.69, 9.17) is 4.74 Å². The molecule has 2 saturated heterocycles. The number of likely N-dealkylation sites (tertiary alicyclic amines) is 1. The minimum absolute atomic E-state index is 0.260. The first-order chi connectivity index (χ1) is 13.7. The van der Waals surface area contributed by atoms with E-state index in [2.05, 4.69) is 34.5 Å². The predicted octanol–water partition coefficient (Wildman–Crippen LogP) is 3.60. The van der Waals surface area contributed by atoms with Gasteiger partial charge in [0.1, 0.15) is 0 Å². The van der Waals surface area contributed by atoms with Crippen molar-refractivity contribution >= 4 is 5.91 Å². The van der Waals surface area contributed by atoms with Crippen LogP contribution >= 0.6 is 0 Å². The lowest BCUT2D eigenvalue weighted by Gasteiger charge is -2.42. The summed E-state index contributed by atoms with van der Waals surface area (Å²) in [6.45, 7) is 5.54. The zero-order chi connectivity index (χ0) is 19.0. The fraction of sp³-hybridized carbons (Fsp3) is 0.708. The number of amides is 1. The van der Waals surface area contributed by atoms with E-state index >= 15 is 0 Å². The summed E-state index contributed by atoms with van der Waals surface area (Å²) in [5.74, 6) is 1.48. The van der Waals surface area contributed by atoms with Gasteiger partial charge in [-0.3, -0.25) is 4.79 Å². The maximum atomic E-state index is 12.5. The van der Waals surface area contributed by atoms with Crippen LogP contribution in [-0.2, 0) is 14.9 Å². The number of carbonyl (C=O) groups is 1. The van der Waals surface area contributed by atoms with E-state index in [-0.39, 0.29) is 5.91 Å². The molecule has 4 heteroatoms. The van der Waals surface area contributed by atoms with Crippen LogP contribution in [0.2, 0.25) is 0 Å². The van der Waals surface area contributed by atoms with Crippen LogP contribution < -0.4 is 5.32 Å². The SMILES string of the molecule is O=C(CC1CC2(CCN(CC3CCOCC3)CC2)c2ccccc21)NC1CC1. The molecular formula is C24H34N2O2. The van der Waals surface area contributed by atoms with E-state index in [1.165, 1.54) is 63.7 Å². The van der Waals surface area contributed by atoms with Crippen molar-refractivity contribution in [1.82, 2.24) is 10.2 Å². The molecule has 1 aromatic carbocycles. The molecule has 2 heterocycles. The number of nitrogens with zero attached hydrogens (tertiary/aromatic N) is 1. The van der Waals surface area contributed by atoms with Gasteiger partial charge >= 0.3 is 0 Å². The van der Waals surface area contributed by atoms with Crippen molar-refractivity contribution in [1.29, 1.82) is 0 Å². The highest BCUT2D eigenvalue weighted by atomic mass is 16.5. The van der Waals surface area contributed by atoms with E-state index in [1.807, 2.05) is 0 Å². The summed E-state index contributed by atoms with van der Waals surface area (Å²) in [6, 6.07) is 9.45. The first-order valence-corrected chi connectivity index (χ1v) is 11.4. The van der Waals surface area contributed by atoms with Crippen molar-refractivity contribution in [2.24, 2.45) is 5.92 Å². The Balaban J connectivity index is 1.24. The molecule has 1 atom stereocenters. The predicted molar refractivity (Wildman–Crippen MR) is 110 cm³/mol. The number of hydrogen-bond acceptors (Lipinski definition) is 3. The van der Waals surface area contributed by atoms with Crippen molar-refractivity contribution < 1.29 is 9.53 Å². The third-order valence-corrected chi connectivity index (χ3v) is 7.65. The van der Waals surface area contributed by atoms with Gasteiger partial charge in [-0.15, -0.1) is 0 Å². The number of fused-ring (bicyclic) bond motifs is 2. The quantitative estimate of drug-likeness (QED) is 0.846. The molecule has 1 unspecified atom stereocenters. The molecule has 1 saturated carbocycles. The lowest BCUT2D eigenvalue weighted by atomic mass is 9.73. The average molecular weight is 383 g/mol. The summed E-state index contributed by atoms with van der Waals surface area (Å²) in [5, 5.41) is 3.20. The Morgan fingerprint density at radius 1 is 1.11 bits per heavy atom. The number of nitrogens with one attached hydrogen (secondary N) is 1. The van der Waals surface area contributed by atoms with Gasteiger partial charge in [0.2, 0.25) is 5.91 Å². The van der Waals surface area contributed by atoms with Crippen molar-refractivity contribution in [3.05, 3.63) is 35.4 Å².